The van der Waals surface area contributed by atoms with Gasteiger partial charge in [-0.2, -0.15) is 0 Å². The normalized spacial score (nSPS) is 11.9. The lowest BCUT2D eigenvalue weighted by Gasteiger charge is -2.31. The first-order valence-electron chi connectivity index (χ1n) is 10.2. The Bertz CT molecular complexity index is 780. The first-order valence-corrected chi connectivity index (χ1v) is 10.2. The van der Waals surface area contributed by atoms with Crippen molar-refractivity contribution in [1.82, 2.24) is 15.1 Å². The predicted octanol–water partition coefficient (Wildman–Crippen LogP) is 4.45. The summed E-state index contributed by atoms with van der Waals surface area (Å²) in [6, 6.07) is 14.2. The van der Waals surface area contributed by atoms with E-state index in [1.54, 1.807) is 18.1 Å². The van der Waals surface area contributed by atoms with Crippen LogP contribution in [0.25, 0.3) is 0 Å². The number of likely N-dealkylation sites (N-methyl/N-ethyl adjacent to an activating group) is 1. The van der Waals surface area contributed by atoms with Crippen molar-refractivity contribution in [3.63, 3.8) is 0 Å². The summed E-state index contributed by atoms with van der Waals surface area (Å²) in [5.41, 5.74) is 1.87. The third kappa shape index (κ3) is 6.46. The number of nitrogens with one attached hydrogen (secondary N) is 1. The highest BCUT2D eigenvalue weighted by Crippen LogP contribution is 2.24. The van der Waals surface area contributed by atoms with Crippen LogP contribution in [0.2, 0.25) is 0 Å². The van der Waals surface area contributed by atoms with Crippen LogP contribution in [0.1, 0.15) is 37.9 Å². The van der Waals surface area contributed by atoms with Gasteiger partial charge in [0, 0.05) is 19.6 Å². The largest absolute Gasteiger partial charge is 0.497 e. The lowest BCUT2D eigenvalue weighted by atomic mass is 10.0. The smallest absolute Gasteiger partial charge is 0.317 e. The SMILES string of the molecule is CCN(Cc1cccc(F)c1)C(=O)NC[C@H](c1cccc(OC)c1)N(CC)CC. The summed E-state index contributed by atoms with van der Waals surface area (Å²) in [5.74, 6) is 0.505. The Kier molecular flexibility index (Phi) is 8.93. The Morgan fingerprint density at radius 3 is 2.41 bits per heavy atom. The van der Waals surface area contributed by atoms with Crippen LogP contribution in [-0.4, -0.2) is 49.1 Å². The van der Waals surface area contributed by atoms with E-state index in [2.05, 4.69) is 30.1 Å². The van der Waals surface area contributed by atoms with Gasteiger partial charge in [0.1, 0.15) is 11.6 Å². The van der Waals surface area contributed by atoms with Crippen molar-refractivity contribution in [1.29, 1.82) is 0 Å². The highest BCUT2D eigenvalue weighted by Gasteiger charge is 2.21. The van der Waals surface area contributed by atoms with E-state index in [1.807, 2.05) is 31.2 Å². The predicted molar refractivity (Wildman–Crippen MR) is 115 cm³/mol. The molecule has 2 amide bonds. The van der Waals surface area contributed by atoms with Crippen molar-refractivity contribution in [2.45, 2.75) is 33.4 Å². The summed E-state index contributed by atoms with van der Waals surface area (Å²) in [6.07, 6.45) is 0. The zero-order valence-corrected chi connectivity index (χ0v) is 17.8. The van der Waals surface area contributed by atoms with Gasteiger partial charge in [0.25, 0.3) is 0 Å². The molecule has 0 bridgehead atoms. The maximum atomic E-state index is 13.5. The molecule has 5 nitrogen and oxygen atoms in total. The summed E-state index contributed by atoms with van der Waals surface area (Å²) < 4.78 is 18.8. The molecular formula is C23H32FN3O2. The molecule has 0 fully saturated rings. The average Bonchev–Trinajstić information content (AvgIpc) is 2.74. The van der Waals surface area contributed by atoms with Crippen molar-refractivity contribution in [3.8, 4) is 5.75 Å². The fraction of sp³-hybridized carbons (Fsp3) is 0.435. The van der Waals surface area contributed by atoms with Crippen LogP contribution in [0.3, 0.4) is 0 Å². The van der Waals surface area contributed by atoms with Crippen molar-refractivity contribution in [2.24, 2.45) is 0 Å². The molecule has 0 aliphatic rings. The number of carbonyl (C=O) groups excluding carboxylic acids is 1. The molecule has 0 radical (unpaired) electrons. The van der Waals surface area contributed by atoms with E-state index in [4.69, 9.17) is 4.74 Å². The fourth-order valence-corrected chi connectivity index (χ4v) is 3.45. The number of benzene rings is 2. The first kappa shape index (κ1) is 22.7. The van der Waals surface area contributed by atoms with Gasteiger partial charge < -0.3 is 15.0 Å². The van der Waals surface area contributed by atoms with Gasteiger partial charge in [0.05, 0.1) is 13.2 Å². The van der Waals surface area contributed by atoms with Gasteiger partial charge in [0.2, 0.25) is 0 Å². The van der Waals surface area contributed by atoms with E-state index in [0.717, 1.165) is 30.0 Å². The Hall–Kier alpha value is -2.60. The number of urea groups is 1. The zero-order chi connectivity index (χ0) is 21.2. The standard InChI is InChI=1S/C23H32FN3O2/c1-5-26(6-2)22(19-11-9-13-21(15-19)29-4)16-25-23(28)27(7-3)17-18-10-8-12-20(24)14-18/h8-15,22H,5-7,16-17H2,1-4H3,(H,25,28)/t22-/m1/s1. The molecule has 0 aromatic heterocycles. The number of ether oxygens (including phenoxy) is 1. The van der Waals surface area contributed by atoms with Gasteiger partial charge in [-0.25, -0.2) is 9.18 Å². The van der Waals surface area contributed by atoms with E-state index >= 15 is 0 Å². The van der Waals surface area contributed by atoms with Gasteiger partial charge >= 0.3 is 6.03 Å². The number of hydrogen-bond acceptors (Lipinski definition) is 3. The minimum absolute atomic E-state index is 0.0388. The highest BCUT2D eigenvalue weighted by atomic mass is 19.1. The van der Waals surface area contributed by atoms with E-state index < -0.39 is 0 Å². The molecule has 0 unspecified atom stereocenters. The van der Waals surface area contributed by atoms with Gasteiger partial charge in [-0.05, 0) is 55.4 Å². The van der Waals surface area contributed by atoms with Crippen molar-refractivity contribution < 1.29 is 13.9 Å². The summed E-state index contributed by atoms with van der Waals surface area (Å²) in [7, 11) is 1.65. The lowest BCUT2D eigenvalue weighted by molar-refractivity contribution is 0.182. The Morgan fingerprint density at radius 1 is 1.07 bits per heavy atom. The minimum atomic E-state index is -0.293. The van der Waals surface area contributed by atoms with Gasteiger partial charge in [-0.15, -0.1) is 0 Å². The van der Waals surface area contributed by atoms with Crippen LogP contribution < -0.4 is 10.1 Å². The Balaban J connectivity index is 2.10. The molecule has 2 aromatic rings. The molecule has 29 heavy (non-hydrogen) atoms. The van der Waals surface area contributed by atoms with Crippen LogP contribution in [0.15, 0.2) is 48.5 Å². The molecule has 0 saturated carbocycles. The molecule has 0 heterocycles. The summed E-state index contributed by atoms with van der Waals surface area (Å²) in [4.78, 5) is 16.8. The number of carbonyl (C=O) groups is 1. The summed E-state index contributed by atoms with van der Waals surface area (Å²) in [6.45, 7) is 9.27. The molecule has 0 aliphatic carbocycles. The van der Waals surface area contributed by atoms with Gasteiger partial charge in [-0.3, -0.25) is 4.90 Å². The number of rotatable bonds is 10. The lowest BCUT2D eigenvalue weighted by Crippen LogP contribution is -2.44. The Morgan fingerprint density at radius 2 is 1.79 bits per heavy atom. The van der Waals surface area contributed by atoms with Gasteiger partial charge in [-0.1, -0.05) is 38.1 Å². The van der Waals surface area contributed by atoms with E-state index in [0.29, 0.717) is 19.6 Å². The molecule has 2 rings (SSSR count). The average molecular weight is 402 g/mol. The van der Waals surface area contributed by atoms with Crippen LogP contribution in [0, 0.1) is 5.82 Å². The third-order valence-corrected chi connectivity index (χ3v) is 5.11. The second kappa shape index (κ2) is 11.4. The molecule has 158 valence electrons. The molecule has 0 spiro atoms. The second-order valence-electron chi connectivity index (χ2n) is 6.84. The molecule has 0 saturated heterocycles. The molecule has 2 aromatic carbocycles. The summed E-state index contributed by atoms with van der Waals surface area (Å²) >= 11 is 0. The van der Waals surface area contributed by atoms with Crippen LogP contribution in [0.4, 0.5) is 9.18 Å². The molecule has 1 N–H and O–H groups in total. The molecule has 1 atom stereocenters. The minimum Gasteiger partial charge on any atom is -0.497 e. The molecular weight excluding hydrogens is 369 g/mol. The maximum absolute atomic E-state index is 13.5. The number of halogens is 1. The van der Waals surface area contributed by atoms with Crippen LogP contribution in [0.5, 0.6) is 5.75 Å². The van der Waals surface area contributed by atoms with E-state index in [1.165, 1.54) is 12.1 Å². The second-order valence-corrected chi connectivity index (χ2v) is 6.84. The van der Waals surface area contributed by atoms with E-state index in [-0.39, 0.29) is 17.9 Å². The van der Waals surface area contributed by atoms with Crippen molar-refractivity contribution >= 4 is 6.03 Å². The van der Waals surface area contributed by atoms with Crippen LogP contribution in [-0.2, 0) is 6.54 Å². The van der Waals surface area contributed by atoms with Crippen molar-refractivity contribution in [3.05, 3.63) is 65.5 Å². The number of methoxy groups -OCH3 is 1. The topological polar surface area (TPSA) is 44.8 Å². The maximum Gasteiger partial charge on any atom is 0.317 e. The molecule has 0 aliphatic heterocycles. The quantitative estimate of drug-likeness (QED) is 0.640. The fourth-order valence-electron chi connectivity index (χ4n) is 3.45. The number of nitrogens with zero attached hydrogens (tertiary/aromatic N) is 2. The highest BCUT2D eigenvalue weighted by molar-refractivity contribution is 5.74. The zero-order valence-electron chi connectivity index (χ0n) is 17.8. The van der Waals surface area contributed by atoms with E-state index in [9.17, 15) is 9.18 Å². The first-order chi connectivity index (χ1) is 14.0. The summed E-state index contributed by atoms with van der Waals surface area (Å²) in [5, 5.41) is 3.06. The monoisotopic (exact) mass is 401 g/mol. The van der Waals surface area contributed by atoms with Crippen molar-refractivity contribution in [2.75, 3.05) is 33.3 Å². The Labute approximate surface area is 173 Å². The number of hydrogen-bond donors (Lipinski definition) is 1. The van der Waals surface area contributed by atoms with Gasteiger partial charge in [0.15, 0.2) is 0 Å². The third-order valence-electron chi connectivity index (χ3n) is 5.11. The number of amides is 2. The van der Waals surface area contributed by atoms with Crippen LogP contribution >= 0.6 is 0 Å². The molecule has 6 heteroatoms.